The fourth-order valence-corrected chi connectivity index (χ4v) is 1.21. The first-order valence-corrected chi connectivity index (χ1v) is 5.27. The summed E-state index contributed by atoms with van der Waals surface area (Å²) in [5, 5.41) is 2.58. The Balaban J connectivity index is 2.39. The van der Waals surface area contributed by atoms with E-state index >= 15 is 0 Å². The van der Waals surface area contributed by atoms with Crippen molar-refractivity contribution in [2.24, 2.45) is 11.1 Å². The third kappa shape index (κ3) is 3.46. The second-order valence-corrected chi connectivity index (χ2v) is 5.07. The summed E-state index contributed by atoms with van der Waals surface area (Å²) in [5.74, 6) is -0.550. The molecule has 16 heavy (non-hydrogen) atoms. The van der Waals surface area contributed by atoms with E-state index in [0.717, 1.165) is 0 Å². The molecule has 0 spiro atoms. The maximum atomic E-state index is 11.6. The molecule has 1 aliphatic heterocycles. The highest BCUT2D eigenvalue weighted by Gasteiger charge is 2.29. The smallest absolute Gasteiger partial charge is 0.268 e. The molecule has 2 atom stereocenters. The van der Waals surface area contributed by atoms with E-state index in [0.29, 0.717) is 0 Å². The van der Waals surface area contributed by atoms with Crippen molar-refractivity contribution in [3.05, 3.63) is 0 Å². The van der Waals surface area contributed by atoms with Crippen LogP contribution in [0.15, 0.2) is 0 Å². The van der Waals surface area contributed by atoms with E-state index in [4.69, 9.17) is 10.6 Å². The summed E-state index contributed by atoms with van der Waals surface area (Å²) in [7, 11) is 0. The van der Waals surface area contributed by atoms with E-state index in [1.54, 1.807) is 0 Å². The predicted octanol–water partition coefficient (Wildman–Crippen LogP) is -0.704. The van der Waals surface area contributed by atoms with Crippen molar-refractivity contribution in [3.63, 3.8) is 0 Å². The van der Waals surface area contributed by atoms with Crippen LogP contribution >= 0.6 is 0 Å². The summed E-state index contributed by atoms with van der Waals surface area (Å²) in [4.78, 5) is 27.4. The van der Waals surface area contributed by atoms with Gasteiger partial charge in [-0.25, -0.2) is 5.48 Å². The second-order valence-electron chi connectivity index (χ2n) is 5.07. The summed E-state index contributed by atoms with van der Waals surface area (Å²) in [6.07, 6.45) is 0.202. The highest BCUT2D eigenvalue weighted by molar-refractivity contribution is 5.88. The monoisotopic (exact) mass is 229 g/mol. The number of amides is 2. The van der Waals surface area contributed by atoms with Gasteiger partial charge in [-0.05, 0) is 5.41 Å². The van der Waals surface area contributed by atoms with E-state index in [1.165, 1.54) is 0 Å². The number of carbonyl (C=O) groups is 2. The zero-order valence-corrected chi connectivity index (χ0v) is 9.87. The van der Waals surface area contributed by atoms with Crippen LogP contribution in [-0.2, 0) is 14.4 Å². The van der Waals surface area contributed by atoms with Crippen LogP contribution in [0.1, 0.15) is 27.2 Å². The largest absolute Gasteiger partial charge is 0.342 e. The Morgan fingerprint density at radius 1 is 1.69 bits per heavy atom. The third-order valence-electron chi connectivity index (χ3n) is 2.59. The lowest BCUT2D eigenvalue weighted by Crippen LogP contribution is -2.46. The number of carbonyl (C=O) groups excluding carboxylic acids is 2. The molecule has 92 valence electrons. The molecule has 1 fully saturated rings. The van der Waals surface area contributed by atoms with Crippen LogP contribution in [0.4, 0.5) is 0 Å². The molecule has 0 bridgehead atoms. The van der Waals surface area contributed by atoms with Gasteiger partial charge < -0.3 is 11.1 Å². The van der Waals surface area contributed by atoms with E-state index in [9.17, 15) is 9.59 Å². The number of hydroxylamine groups is 1. The highest BCUT2D eigenvalue weighted by Crippen LogP contribution is 2.19. The van der Waals surface area contributed by atoms with Gasteiger partial charge in [0.25, 0.3) is 5.91 Å². The molecule has 0 aromatic carbocycles. The average Bonchev–Trinajstić information content (AvgIpc) is 2.50. The lowest BCUT2D eigenvalue weighted by molar-refractivity contribution is -0.129. The van der Waals surface area contributed by atoms with Crippen LogP contribution < -0.4 is 16.5 Å². The van der Waals surface area contributed by atoms with Gasteiger partial charge in [-0.1, -0.05) is 20.8 Å². The Kier molecular flexibility index (Phi) is 3.88. The Morgan fingerprint density at radius 2 is 2.31 bits per heavy atom. The molecule has 0 aromatic rings. The fourth-order valence-electron chi connectivity index (χ4n) is 1.21. The quantitative estimate of drug-likeness (QED) is 0.596. The molecule has 1 rings (SSSR count). The molecule has 6 nitrogen and oxygen atoms in total. The first-order valence-electron chi connectivity index (χ1n) is 5.27. The Morgan fingerprint density at radius 3 is 2.75 bits per heavy atom. The molecule has 0 aliphatic carbocycles. The molecule has 1 unspecified atom stereocenters. The summed E-state index contributed by atoms with van der Waals surface area (Å²) < 4.78 is 0. The van der Waals surface area contributed by atoms with Gasteiger partial charge in [0.2, 0.25) is 5.91 Å². The summed E-state index contributed by atoms with van der Waals surface area (Å²) in [5.41, 5.74) is 7.91. The minimum Gasteiger partial charge on any atom is -0.342 e. The number of nitrogens with two attached hydrogens (primary N) is 1. The molecule has 1 aliphatic rings. The molecule has 1 heterocycles. The lowest BCUT2D eigenvalue weighted by atomic mass is 9.85. The van der Waals surface area contributed by atoms with Crippen LogP contribution in [0, 0.1) is 5.41 Å². The van der Waals surface area contributed by atoms with E-state index in [1.807, 2.05) is 20.8 Å². The van der Waals surface area contributed by atoms with Gasteiger partial charge in [0.15, 0.2) is 0 Å². The van der Waals surface area contributed by atoms with Crippen molar-refractivity contribution in [1.29, 1.82) is 0 Å². The van der Waals surface area contributed by atoms with E-state index in [2.05, 4.69) is 10.8 Å². The summed E-state index contributed by atoms with van der Waals surface area (Å²) in [6.45, 7) is 6.07. The summed E-state index contributed by atoms with van der Waals surface area (Å²) in [6, 6.07) is -0.836. The first-order chi connectivity index (χ1) is 7.30. The average molecular weight is 229 g/mol. The highest BCUT2D eigenvalue weighted by atomic mass is 16.7. The van der Waals surface area contributed by atoms with Gasteiger partial charge in [-0.3, -0.25) is 14.4 Å². The van der Waals surface area contributed by atoms with E-state index in [-0.39, 0.29) is 36.3 Å². The van der Waals surface area contributed by atoms with Crippen LogP contribution in [-0.4, -0.2) is 30.5 Å². The molecule has 4 N–H and O–H groups in total. The van der Waals surface area contributed by atoms with Crippen molar-refractivity contribution in [3.8, 4) is 0 Å². The zero-order chi connectivity index (χ0) is 12.3. The van der Waals surface area contributed by atoms with Gasteiger partial charge in [-0.15, -0.1) is 0 Å². The molecular formula is C10H19N3O3. The minimum absolute atomic E-state index is 0.133. The van der Waals surface area contributed by atoms with Crippen molar-refractivity contribution in [2.45, 2.75) is 39.3 Å². The van der Waals surface area contributed by atoms with Gasteiger partial charge in [-0.2, -0.15) is 0 Å². The second kappa shape index (κ2) is 4.80. The van der Waals surface area contributed by atoms with Crippen molar-refractivity contribution < 1.29 is 14.4 Å². The molecule has 6 heteroatoms. The van der Waals surface area contributed by atoms with Crippen LogP contribution in [0.5, 0.6) is 0 Å². The number of hydrogen-bond acceptors (Lipinski definition) is 4. The fraction of sp³-hybridized carbons (Fsp3) is 0.800. The third-order valence-corrected chi connectivity index (χ3v) is 2.59. The molecule has 0 saturated carbocycles. The van der Waals surface area contributed by atoms with Gasteiger partial charge in [0, 0.05) is 12.5 Å². The molecule has 2 amide bonds. The predicted molar refractivity (Wildman–Crippen MR) is 58.1 cm³/mol. The SMILES string of the molecule is CC(C)(C)C(N)CC(=O)N[C@@H]1CONC1=O. The zero-order valence-electron chi connectivity index (χ0n) is 9.87. The first kappa shape index (κ1) is 12.9. The molecule has 0 aromatic heterocycles. The van der Waals surface area contributed by atoms with Gasteiger partial charge in [0.05, 0.1) is 0 Å². The maximum absolute atomic E-state index is 11.6. The summed E-state index contributed by atoms with van der Waals surface area (Å²) >= 11 is 0. The Labute approximate surface area is 94.8 Å². The maximum Gasteiger partial charge on any atom is 0.268 e. The Hall–Kier alpha value is -1.14. The normalized spacial score (nSPS) is 22.8. The van der Waals surface area contributed by atoms with Gasteiger partial charge >= 0.3 is 0 Å². The van der Waals surface area contributed by atoms with Crippen molar-refractivity contribution in [1.82, 2.24) is 10.8 Å². The minimum atomic E-state index is -0.598. The van der Waals surface area contributed by atoms with Crippen molar-refractivity contribution in [2.75, 3.05) is 6.61 Å². The lowest BCUT2D eigenvalue weighted by Gasteiger charge is -2.26. The topological polar surface area (TPSA) is 93.5 Å². The van der Waals surface area contributed by atoms with Crippen LogP contribution in [0.25, 0.3) is 0 Å². The van der Waals surface area contributed by atoms with Crippen molar-refractivity contribution >= 4 is 11.8 Å². The van der Waals surface area contributed by atoms with Crippen LogP contribution in [0.2, 0.25) is 0 Å². The Bertz CT molecular complexity index is 286. The molecular weight excluding hydrogens is 210 g/mol. The van der Waals surface area contributed by atoms with Gasteiger partial charge in [0.1, 0.15) is 12.6 Å². The molecule has 0 radical (unpaired) electrons. The van der Waals surface area contributed by atoms with Crippen LogP contribution in [0.3, 0.4) is 0 Å². The number of rotatable bonds is 3. The standard InChI is InChI=1S/C10H19N3O3/c1-10(2,3)7(11)4-8(14)12-6-5-16-13-9(6)15/h6-7H,4-5,11H2,1-3H3,(H,12,14)(H,13,15)/t6-,7?/m1/s1. The molecule has 1 saturated heterocycles. The number of nitrogens with one attached hydrogen (secondary N) is 2. The number of hydrogen-bond donors (Lipinski definition) is 3. The van der Waals surface area contributed by atoms with E-state index < -0.39 is 6.04 Å².